The van der Waals surface area contributed by atoms with E-state index in [-0.39, 0.29) is 11.8 Å². The summed E-state index contributed by atoms with van der Waals surface area (Å²) < 4.78 is 0. The average Bonchev–Trinajstić information content (AvgIpc) is 3.24. The summed E-state index contributed by atoms with van der Waals surface area (Å²) in [4.78, 5) is 29.0. The highest BCUT2D eigenvalue weighted by Gasteiger charge is 2.59. The van der Waals surface area contributed by atoms with Crippen LogP contribution in [0.5, 0.6) is 0 Å². The van der Waals surface area contributed by atoms with E-state index in [9.17, 15) is 9.59 Å². The smallest absolute Gasteiger partial charge is 0.238 e. The molecule has 114 valence electrons. The van der Waals surface area contributed by atoms with Crippen molar-refractivity contribution in [1.82, 2.24) is 9.80 Å². The Morgan fingerprint density at radius 3 is 2.60 bits per heavy atom. The third-order valence-electron chi connectivity index (χ3n) is 4.71. The van der Waals surface area contributed by atoms with E-state index >= 15 is 0 Å². The van der Waals surface area contributed by atoms with Crippen LogP contribution in [0.3, 0.4) is 0 Å². The minimum absolute atomic E-state index is 0.0502. The van der Waals surface area contributed by atoms with Crippen molar-refractivity contribution >= 4 is 11.8 Å². The van der Waals surface area contributed by atoms with Gasteiger partial charge >= 0.3 is 0 Å². The van der Waals surface area contributed by atoms with Gasteiger partial charge in [-0.05, 0) is 38.0 Å². The zero-order valence-electron chi connectivity index (χ0n) is 13.2. The van der Waals surface area contributed by atoms with Crippen LogP contribution in [0.1, 0.15) is 52.4 Å². The Labute approximate surface area is 122 Å². The van der Waals surface area contributed by atoms with Crippen molar-refractivity contribution in [2.45, 2.75) is 52.4 Å². The Kier molecular flexibility index (Phi) is 4.71. The van der Waals surface area contributed by atoms with Crippen molar-refractivity contribution in [3.63, 3.8) is 0 Å². The molecule has 0 radical (unpaired) electrons. The first kappa shape index (κ1) is 15.3. The summed E-state index contributed by atoms with van der Waals surface area (Å²) in [6.45, 7) is 6.73. The fourth-order valence-electron chi connectivity index (χ4n) is 3.18. The molecule has 0 bridgehead atoms. The first-order valence-electron chi connectivity index (χ1n) is 8.06. The normalized spacial score (nSPS) is 24.4. The van der Waals surface area contributed by atoms with Crippen LogP contribution in [-0.4, -0.2) is 48.3 Å². The van der Waals surface area contributed by atoms with E-state index in [4.69, 9.17) is 0 Å². The van der Waals surface area contributed by atoms with Crippen molar-refractivity contribution in [3.05, 3.63) is 0 Å². The second kappa shape index (κ2) is 6.15. The Morgan fingerprint density at radius 2 is 2.05 bits per heavy atom. The quantitative estimate of drug-likeness (QED) is 0.725. The molecule has 0 aromatic heterocycles. The summed E-state index contributed by atoms with van der Waals surface area (Å²) >= 11 is 0. The Balaban J connectivity index is 1.99. The minimum Gasteiger partial charge on any atom is -0.345 e. The fourth-order valence-corrected chi connectivity index (χ4v) is 3.18. The molecule has 0 N–H and O–H groups in total. The highest BCUT2D eigenvalue weighted by atomic mass is 16.2. The first-order chi connectivity index (χ1) is 9.51. The number of nitrogens with zero attached hydrogens (tertiary/aromatic N) is 2. The summed E-state index contributed by atoms with van der Waals surface area (Å²) in [6.07, 6.45) is 5.83. The molecule has 4 heteroatoms. The standard InChI is InChI=1S/C16H28N2O2/c1-4-5-10-17(3)14(19)16(8-9-16)15(20)18-11-6-7-13(2)12-18/h13H,4-12H2,1-3H3. The topological polar surface area (TPSA) is 40.6 Å². The summed E-state index contributed by atoms with van der Waals surface area (Å²) in [6, 6.07) is 0. The molecule has 4 nitrogen and oxygen atoms in total. The maximum Gasteiger partial charge on any atom is 0.238 e. The van der Waals surface area contributed by atoms with Crippen LogP contribution < -0.4 is 0 Å². The second-order valence-electron chi connectivity index (χ2n) is 6.66. The van der Waals surface area contributed by atoms with Gasteiger partial charge < -0.3 is 9.80 Å². The average molecular weight is 280 g/mol. The molecule has 2 fully saturated rings. The molecule has 2 amide bonds. The number of rotatable bonds is 5. The maximum atomic E-state index is 12.7. The maximum absolute atomic E-state index is 12.7. The van der Waals surface area contributed by atoms with E-state index in [1.807, 2.05) is 11.9 Å². The molecule has 0 aromatic rings. The molecule has 1 saturated heterocycles. The van der Waals surface area contributed by atoms with Gasteiger partial charge in [-0.15, -0.1) is 0 Å². The van der Waals surface area contributed by atoms with Gasteiger partial charge in [0.05, 0.1) is 0 Å². The molecule has 1 aliphatic heterocycles. The van der Waals surface area contributed by atoms with Crippen molar-refractivity contribution in [2.24, 2.45) is 11.3 Å². The number of amides is 2. The number of likely N-dealkylation sites (tertiary alicyclic amines) is 1. The van der Waals surface area contributed by atoms with Crippen LogP contribution in [0, 0.1) is 11.3 Å². The Bertz CT molecular complexity index is 377. The molecule has 20 heavy (non-hydrogen) atoms. The van der Waals surface area contributed by atoms with Gasteiger partial charge in [0.1, 0.15) is 5.41 Å². The predicted octanol–water partition coefficient (Wildman–Crippen LogP) is 2.28. The lowest BCUT2D eigenvalue weighted by Gasteiger charge is -2.34. The van der Waals surface area contributed by atoms with E-state index in [2.05, 4.69) is 13.8 Å². The molecule has 1 atom stereocenters. The van der Waals surface area contributed by atoms with Crippen LogP contribution >= 0.6 is 0 Å². The van der Waals surface area contributed by atoms with Crippen molar-refractivity contribution in [3.8, 4) is 0 Å². The van der Waals surface area contributed by atoms with Gasteiger partial charge in [0, 0.05) is 26.7 Å². The van der Waals surface area contributed by atoms with E-state index in [1.54, 1.807) is 4.90 Å². The van der Waals surface area contributed by atoms with Gasteiger partial charge in [-0.2, -0.15) is 0 Å². The van der Waals surface area contributed by atoms with Crippen LogP contribution in [0.25, 0.3) is 0 Å². The number of carbonyl (C=O) groups excluding carboxylic acids is 2. The number of hydrogen-bond donors (Lipinski definition) is 0. The highest BCUT2D eigenvalue weighted by Crippen LogP contribution is 2.49. The van der Waals surface area contributed by atoms with Gasteiger partial charge in [0.2, 0.25) is 11.8 Å². The molecule has 1 aliphatic carbocycles. The summed E-state index contributed by atoms with van der Waals surface area (Å²) in [5, 5.41) is 0. The van der Waals surface area contributed by atoms with Gasteiger partial charge in [-0.1, -0.05) is 20.3 Å². The molecule has 1 heterocycles. The highest BCUT2D eigenvalue weighted by molar-refractivity contribution is 6.07. The number of carbonyl (C=O) groups is 2. The fraction of sp³-hybridized carbons (Fsp3) is 0.875. The van der Waals surface area contributed by atoms with Gasteiger partial charge in [-0.25, -0.2) is 0 Å². The monoisotopic (exact) mass is 280 g/mol. The number of unbranched alkanes of at least 4 members (excludes halogenated alkanes) is 1. The summed E-state index contributed by atoms with van der Waals surface area (Å²) in [7, 11) is 1.84. The number of hydrogen-bond acceptors (Lipinski definition) is 2. The van der Waals surface area contributed by atoms with Crippen molar-refractivity contribution < 1.29 is 9.59 Å². The molecular formula is C16H28N2O2. The lowest BCUT2D eigenvalue weighted by molar-refractivity contribution is -0.149. The SMILES string of the molecule is CCCCN(C)C(=O)C1(C(=O)N2CCCC(C)C2)CC1. The summed E-state index contributed by atoms with van der Waals surface area (Å²) in [5.74, 6) is 0.711. The molecule has 2 rings (SSSR count). The molecule has 0 aromatic carbocycles. The molecule has 1 unspecified atom stereocenters. The van der Waals surface area contributed by atoms with E-state index < -0.39 is 5.41 Å². The summed E-state index contributed by atoms with van der Waals surface area (Å²) in [5.41, 5.74) is -0.695. The zero-order valence-corrected chi connectivity index (χ0v) is 13.2. The van der Waals surface area contributed by atoms with E-state index in [0.29, 0.717) is 5.92 Å². The van der Waals surface area contributed by atoms with E-state index in [0.717, 1.165) is 51.7 Å². The largest absolute Gasteiger partial charge is 0.345 e. The zero-order chi connectivity index (χ0) is 14.8. The third kappa shape index (κ3) is 2.99. The Morgan fingerprint density at radius 1 is 1.35 bits per heavy atom. The van der Waals surface area contributed by atoms with E-state index in [1.165, 1.54) is 6.42 Å². The number of piperidine rings is 1. The van der Waals surface area contributed by atoms with Crippen LogP contribution in [0.2, 0.25) is 0 Å². The Hall–Kier alpha value is -1.06. The first-order valence-corrected chi connectivity index (χ1v) is 8.06. The van der Waals surface area contributed by atoms with Crippen LogP contribution in [0.4, 0.5) is 0 Å². The van der Waals surface area contributed by atoms with Crippen molar-refractivity contribution in [2.75, 3.05) is 26.7 Å². The second-order valence-corrected chi connectivity index (χ2v) is 6.66. The van der Waals surface area contributed by atoms with Crippen LogP contribution in [-0.2, 0) is 9.59 Å². The lowest BCUT2D eigenvalue weighted by atomic mass is 9.96. The van der Waals surface area contributed by atoms with Gasteiger partial charge in [0.15, 0.2) is 0 Å². The van der Waals surface area contributed by atoms with Gasteiger partial charge in [-0.3, -0.25) is 9.59 Å². The predicted molar refractivity (Wildman–Crippen MR) is 79.2 cm³/mol. The van der Waals surface area contributed by atoms with Gasteiger partial charge in [0.25, 0.3) is 0 Å². The van der Waals surface area contributed by atoms with Crippen molar-refractivity contribution in [1.29, 1.82) is 0 Å². The molecule has 1 saturated carbocycles. The molecule has 0 spiro atoms. The van der Waals surface area contributed by atoms with Crippen LogP contribution in [0.15, 0.2) is 0 Å². The molecular weight excluding hydrogens is 252 g/mol. The third-order valence-corrected chi connectivity index (χ3v) is 4.71. The molecule has 2 aliphatic rings. The lowest BCUT2D eigenvalue weighted by Crippen LogP contribution is -2.48. The minimum atomic E-state index is -0.695.